The fourth-order valence-corrected chi connectivity index (χ4v) is 3.59. The van der Waals surface area contributed by atoms with Gasteiger partial charge in [0.1, 0.15) is 12.4 Å². The summed E-state index contributed by atoms with van der Waals surface area (Å²) < 4.78 is 5.93. The summed E-state index contributed by atoms with van der Waals surface area (Å²) in [4.78, 5) is 14.8. The Balaban J connectivity index is 1.85. The minimum absolute atomic E-state index is 0.0795. The van der Waals surface area contributed by atoms with Gasteiger partial charge >= 0.3 is 0 Å². The van der Waals surface area contributed by atoms with E-state index in [1.54, 1.807) is 0 Å². The van der Waals surface area contributed by atoms with E-state index < -0.39 is 0 Å². The molecule has 0 aliphatic carbocycles. The van der Waals surface area contributed by atoms with E-state index in [0.29, 0.717) is 24.9 Å². The van der Waals surface area contributed by atoms with Gasteiger partial charge < -0.3 is 20.3 Å². The van der Waals surface area contributed by atoms with Gasteiger partial charge in [-0.2, -0.15) is 0 Å². The minimum atomic E-state index is 0.0795. The molecule has 0 bridgehead atoms. The van der Waals surface area contributed by atoms with Gasteiger partial charge in [0.15, 0.2) is 0 Å². The van der Waals surface area contributed by atoms with Gasteiger partial charge in [-0.1, -0.05) is 32.9 Å². The van der Waals surface area contributed by atoms with Gasteiger partial charge in [-0.25, -0.2) is 0 Å². The highest BCUT2D eigenvalue weighted by Gasteiger charge is 2.22. The van der Waals surface area contributed by atoms with Crippen molar-refractivity contribution in [3.63, 3.8) is 0 Å². The number of amides is 1. The standard InChI is InChI=1S/C21H35N3O2/c1-4-24(5-2)14-15-26-20-9-7-6-8-19(20)23-21(25)16-17(3)18-10-12-22-13-11-18/h6-9,17-18,22H,4-5,10-16H2,1-3H3,(H,23,25). The minimum Gasteiger partial charge on any atom is -0.490 e. The molecule has 1 aliphatic rings. The van der Waals surface area contributed by atoms with E-state index in [1.165, 1.54) is 12.8 Å². The summed E-state index contributed by atoms with van der Waals surface area (Å²) in [7, 11) is 0. The third kappa shape index (κ3) is 6.61. The van der Waals surface area contributed by atoms with Crippen molar-refractivity contribution < 1.29 is 9.53 Å². The van der Waals surface area contributed by atoms with Crippen molar-refractivity contribution in [3.8, 4) is 5.75 Å². The maximum Gasteiger partial charge on any atom is 0.224 e. The van der Waals surface area contributed by atoms with E-state index in [-0.39, 0.29) is 5.91 Å². The number of carbonyl (C=O) groups excluding carboxylic acids is 1. The summed E-state index contributed by atoms with van der Waals surface area (Å²) in [6.45, 7) is 12.2. The molecule has 1 fully saturated rings. The number of hydrogen-bond donors (Lipinski definition) is 2. The predicted octanol–water partition coefficient (Wildman–Crippen LogP) is 3.37. The molecule has 2 N–H and O–H groups in total. The number of anilines is 1. The van der Waals surface area contributed by atoms with Gasteiger partial charge in [0, 0.05) is 13.0 Å². The first-order valence-corrected chi connectivity index (χ1v) is 10.1. The van der Waals surface area contributed by atoms with Crippen molar-refractivity contribution in [2.45, 2.75) is 40.0 Å². The fraction of sp³-hybridized carbons (Fsp3) is 0.667. The molecule has 146 valence electrons. The highest BCUT2D eigenvalue weighted by molar-refractivity contribution is 5.92. The molecule has 26 heavy (non-hydrogen) atoms. The Morgan fingerprint density at radius 1 is 1.27 bits per heavy atom. The Morgan fingerprint density at radius 2 is 1.96 bits per heavy atom. The highest BCUT2D eigenvalue weighted by atomic mass is 16.5. The first kappa shape index (κ1) is 20.7. The maximum absolute atomic E-state index is 12.5. The number of likely N-dealkylation sites (N-methyl/N-ethyl adjacent to an activating group) is 1. The third-order valence-electron chi connectivity index (χ3n) is 5.42. The number of hydrogen-bond acceptors (Lipinski definition) is 4. The fourth-order valence-electron chi connectivity index (χ4n) is 3.59. The van der Waals surface area contributed by atoms with Gasteiger partial charge in [-0.3, -0.25) is 4.79 Å². The molecule has 5 nitrogen and oxygen atoms in total. The van der Waals surface area contributed by atoms with Crippen LogP contribution in [-0.2, 0) is 4.79 Å². The van der Waals surface area contributed by atoms with E-state index in [4.69, 9.17) is 4.74 Å². The average molecular weight is 362 g/mol. The Bertz CT molecular complexity index is 540. The molecule has 1 unspecified atom stereocenters. The topological polar surface area (TPSA) is 53.6 Å². The summed E-state index contributed by atoms with van der Waals surface area (Å²) in [5, 5.41) is 6.44. The Hall–Kier alpha value is -1.59. The lowest BCUT2D eigenvalue weighted by Gasteiger charge is -2.28. The second kappa shape index (κ2) is 11.2. The van der Waals surface area contributed by atoms with Crippen LogP contribution in [-0.4, -0.2) is 50.1 Å². The lowest BCUT2D eigenvalue weighted by molar-refractivity contribution is -0.117. The summed E-state index contributed by atoms with van der Waals surface area (Å²) in [5.41, 5.74) is 0.773. The van der Waals surface area contributed by atoms with Crippen molar-refractivity contribution in [2.24, 2.45) is 11.8 Å². The smallest absolute Gasteiger partial charge is 0.224 e. The SMILES string of the molecule is CCN(CC)CCOc1ccccc1NC(=O)CC(C)C1CCNCC1. The first-order valence-electron chi connectivity index (χ1n) is 10.1. The van der Waals surface area contributed by atoms with E-state index in [2.05, 4.69) is 36.3 Å². The molecule has 0 radical (unpaired) electrons. The number of carbonyl (C=O) groups is 1. The van der Waals surface area contributed by atoms with Crippen LogP contribution in [0.3, 0.4) is 0 Å². The zero-order chi connectivity index (χ0) is 18.8. The van der Waals surface area contributed by atoms with Gasteiger partial charge in [-0.15, -0.1) is 0 Å². The number of nitrogens with zero attached hydrogens (tertiary/aromatic N) is 1. The summed E-state index contributed by atoms with van der Waals surface area (Å²) >= 11 is 0. The third-order valence-corrected chi connectivity index (χ3v) is 5.42. The molecule has 5 heteroatoms. The first-order chi connectivity index (χ1) is 12.6. The monoisotopic (exact) mass is 361 g/mol. The molecule has 1 saturated heterocycles. The Labute approximate surface area is 158 Å². The number of rotatable bonds is 10. The quantitative estimate of drug-likeness (QED) is 0.671. The number of ether oxygens (including phenoxy) is 1. The number of nitrogens with one attached hydrogen (secondary N) is 2. The van der Waals surface area contributed by atoms with Crippen LogP contribution in [0.2, 0.25) is 0 Å². The molecule has 1 atom stereocenters. The lowest BCUT2D eigenvalue weighted by Crippen LogP contribution is -2.32. The number of piperidine rings is 1. The molecule has 1 aromatic rings. The molecule has 1 amide bonds. The van der Waals surface area contributed by atoms with E-state index in [0.717, 1.165) is 44.2 Å². The van der Waals surface area contributed by atoms with Gasteiger partial charge in [0.2, 0.25) is 5.91 Å². The second-order valence-corrected chi connectivity index (χ2v) is 7.19. The molecular weight excluding hydrogens is 326 g/mol. The van der Waals surface area contributed by atoms with Crippen LogP contribution in [0.15, 0.2) is 24.3 Å². The Kier molecular flexibility index (Phi) is 8.92. The largest absolute Gasteiger partial charge is 0.490 e. The number of para-hydroxylation sites is 2. The van der Waals surface area contributed by atoms with Crippen molar-refractivity contribution in [1.82, 2.24) is 10.2 Å². The molecule has 0 saturated carbocycles. The van der Waals surface area contributed by atoms with Crippen LogP contribution < -0.4 is 15.4 Å². The molecule has 1 aromatic carbocycles. The molecule has 0 spiro atoms. The molecule has 1 aliphatic heterocycles. The van der Waals surface area contributed by atoms with Crippen LogP contribution in [0.1, 0.15) is 40.0 Å². The lowest BCUT2D eigenvalue weighted by atomic mass is 9.84. The molecule has 0 aromatic heterocycles. The zero-order valence-electron chi connectivity index (χ0n) is 16.6. The normalized spacial score (nSPS) is 16.5. The molecule has 1 heterocycles. The van der Waals surface area contributed by atoms with Crippen molar-refractivity contribution in [1.29, 1.82) is 0 Å². The van der Waals surface area contributed by atoms with Crippen LogP contribution in [0.25, 0.3) is 0 Å². The zero-order valence-corrected chi connectivity index (χ0v) is 16.6. The van der Waals surface area contributed by atoms with Gasteiger partial charge in [-0.05, 0) is 63.0 Å². The van der Waals surface area contributed by atoms with Crippen LogP contribution >= 0.6 is 0 Å². The predicted molar refractivity (Wildman–Crippen MR) is 108 cm³/mol. The van der Waals surface area contributed by atoms with Gasteiger partial charge in [0.05, 0.1) is 5.69 Å². The number of benzene rings is 1. The van der Waals surface area contributed by atoms with E-state index in [1.807, 2.05) is 24.3 Å². The average Bonchev–Trinajstić information content (AvgIpc) is 2.67. The Morgan fingerprint density at radius 3 is 2.65 bits per heavy atom. The summed E-state index contributed by atoms with van der Waals surface area (Å²) in [6.07, 6.45) is 2.90. The highest BCUT2D eigenvalue weighted by Crippen LogP contribution is 2.27. The van der Waals surface area contributed by atoms with Crippen LogP contribution in [0, 0.1) is 11.8 Å². The second-order valence-electron chi connectivity index (χ2n) is 7.19. The molecular formula is C21H35N3O2. The van der Waals surface area contributed by atoms with Crippen LogP contribution in [0.5, 0.6) is 5.75 Å². The maximum atomic E-state index is 12.5. The van der Waals surface area contributed by atoms with Crippen molar-refractivity contribution in [2.75, 3.05) is 44.6 Å². The summed E-state index contributed by atoms with van der Waals surface area (Å²) in [6, 6.07) is 7.72. The van der Waals surface area contributed by atoms with Crippen molar-refractivity contribution in [3.05, 3.63) is 24.3 Å². The van der Waals surface area contributed by atoms with E-state index in [9.17, 15) is 4.79 Å². The molecule has 2 rings (SSSR count). The van der Waals surface area contributed by atoms with E-state index >= 15 is 0 Å². The van der Waals surface area contributed by atoms with Gasteiger partial charge in [0.25, 0.3) is 0 Å². The summed E-state index contributed by atoms with van der Waals surface area (Å²) in [5.74, 6) is 1.88. The van der Waals surface area contributed by atoms with Crippen molar-refractivity contribution >= 4 is 11.6 Å². The van der Waals surface area contributed by atoms with Crippen LogP contribution in [0.4, 0.5) is 5.69 Å².